The van der Waals surface area contributed by atoms with E-state index in [2.05, 4.69) is 15.4 Å². The van der Waals surface area contributed by atoms with E-state index in [0.29, 0.717) is 18.9 Å². The summed E-state index contributed by atoms with van der Waals surface area (Å²) in [5.74, 6) is 0.198. The Morgan fingerprint density at radius 3 is 2.67 bits per heavy atom. The van der Waals surface area contributed by atoms with Gasteiger partial charge in [0.05, 0.1) is 43.1 Å². The third-order valence-corrected chi connectivity index (χ3v) is 6.47. The first-order chi connectivity index (χ1) is 18.3. The lowest BCUT2D eigenvalue weighted by molar-refractivity contribution is -0.139. The minimum atomic E-state index is -4.87. The molecule has 2 N–H and O–H groups in total. The maximum absolute atomic E-state index is 13.2. The van der Waals surface area contributed by atoms with Gasteiger partial charge in [-0.3, -0.25) is 9.59 Å². The molecule has 4 rings (SSSR count). The number of H-pyrrole nitrogens is 1. The van der Waals surface area contributed by atoms with Crippen molar-refractivity contribution in [2.75, 3.05) is 49.7 Å². The Bertz CT molecular complexity index is 1270. The molecule has 1 saturated heterocycles. The number of anilines is 2. The van der Waals surface area contributed by atoms with Crippen LogP contribution in [0.5, 0.6) is 5.75 Å². The molecule has 0 bridgehead atoms. The van der Waals surface area contributed by atoms with Crippen LogP contribution in [0.25, 0.3) is 0 Å². The molecule has 4 heterocycles. The van der Waals surface area contributed by atoms with Crippen molar-refractivity contribution in [3.63, 3.8) is 0 Å². The number of hydrogen-bond acceptors (Lipinski definition) is 8. The highest BCUT2D eigenvalue weighted by atomic mass is 19.4. The van der Waals surface area contributed by atoms with Crippen LogP contribution in [0.1, 0.15) is 30.0 Å². The Labute approximate surface area is 218 Å². The zero-order chi connectivity index (χ0) is 28.5. The summed E-state index contributed by atoms with van der Waals surface area (Å²) in [5, 5.41) is 7.70. The third kappa shape index (κ3) is 6.20. The number of fused-ring (bicyclic) bond motifs is 3. The Morgan fingerprint density at radius 1 is 1.23 bits per heavy atom. The van der Waals surface area contributed by atoms with Crippen LogP contribution in [0.4, 0.5) is 37.8 Å². The molecule has 1 fully saturated rings. The number of nitrogens with zero attached hydrogens (tertiary/aromatic N) is 4. The second-order valence-electron chi connectivity index (χ2n) is 9.30. The zero-order valence-electron chi connectivity index (χ0n) is 20.9. The number of nitrogens with one attached hydrogen (secondary N) is 2. The Morgan fingerprint density at radius 2 is 1.97 bits per heavy atom. The molecule has 214 valence electrons. The average molecular weight is 564 g/mol. The molecule has 2 aromatic rings. The first kappa shape index (κ1) is 28.4. The normalized spacial score (nSPS) is 18.2. The van der Waals surface area contributed by atoms with Crippen molar-refractivity contribution in [3.8, 4) is 5.75 Å². The van der Waals surface area contributed by atoms with Crippen molar-refractivity contribution >= 4 is 17.4 Å². The molecule has 0 aromatic carbocycles. The van der Waals surface area contributed by atoms with Crippen molar-refractivity contribution in [1.82, 2.24) is 20.1 Å². The van der Waals surface area contributed by atoms with E-state index < -0.39 is 40.8 Å². The molecule has 0 radical (unpaired) electrons. The Balaban J connectivity index is 1.26. The van der Waals surface area contributed by atoms with Gasteiger partial charge in [0, 0.05) is 37.4 Å². The molecule has 0 saturated carbocycles. The number of hydrogen-bond donors (Lipinski definition) is 2. The van der Waals surface area contributed by atoms with Crippen LogP contribution < -0.4 is 20.5 Å². The maximum atomic E-state index is 13.2. The van der Waals surface area contributed by atoms with Crippen LogP contribution in [0, 0.1) is 6.92 Å². The summed E-state index contributed by atoms with van der Waals surface area (Å²) in [4.78, 5) is 31.7. The first-order valence-electron chi connectivity index (χ1n) is 12.0. The Kier molecular flexibility index (Phi) is 7.95. The van der Waals surface area contributed by atoms with E-state index in [0.717, 1.165) is 12.4 Å². The van der Waals surface area contributed by atoms with E-state index in [4.69, 9.17) is 9.47 Å². The number of piperazine rings is 1. The van der Waals surface area contributed by atoms with Crippen molar-refractivity contribution in [2.24, 2.45) is 0 Å². The summed E-state index contributed by atoms with van der Waals surface area (Å²) in [6.45, 7) is 3.93. The van der Waals surface area contributed by atoms with Crippen molar-refractivity contribution < 1.29 is 40.6 Å². The van der Waals surface area contributed by atoms with Crippen molar-refractivity contribution in [3.05, 3.63) is 39.4 Å². The molecule has 1 amide bonds. The van der Waals surface area contributed by atoms with Crippen LogP contribution in [0.3, 0.4) is 0 Å². The molecule has 0 spiro atoms. The predicted molar refractivity (Wildman–Crippen MR) is 126 cm³/mol. The molecule has 10 nitrogen and oxygen atoms in total. The number of pyridine rings is 1. The number of alkyl halides is 6. The van der Waals surface area contributed by atoms with E-state index in [1.54, 1.807) is 16.9 Å². The highest BCUT2D eigenvalue weighted by Crippen LogP contribution is 2.42. The topological polar surface area (TPSA) is 113 Å². The minimum absolute atomic E-state index is 0.00971. The summed E-state index contributed by atoms with van der Waals surface area (Å²) in [5.41, 5.74) is -4.12. The van der Waals surface area contributed by atoms with E-state index >= 15 is 0 Å². The summed E-state index contributed by atoms with van der Waals surface area (Å²) >= 11 is 0. The first-order valence-corrected chi connectivity index (χ1v) is 12.0. The number of ether oxygens (including phenoxy) is 2. The number of carbonyl (C=O) groups excluding carboxylic acids is 1. The monoisotopic (exact) mass is 564 g/mol. The predicted octanol–water partition coefficient (Wildman–Crippen LogP) is 2.83. The summed E-state index contributed by atoms with van der Waals surface area (Å²) in [6, 6.07) is -0.906. The standard InChI is InChI=1S/C23H26F6N6O4/c1-12(32-16-8-31-33-21(37)18(16)23(27,28)29)10-38-6-3-17(36)34-4-5-35-14(9-34)11-39-19-13(2)15(22(24,25)26)7-30-20(19)35/h7-8,12,14H,3-6,9-11H2,1-2H3,(H2,32,33,37)/t12-,14+/m0/s1. The molecule has 2 aliphatic rings. The highest BCUT2D eigenvalue weighted by Gasteiger charge is 2.40. The number of aromatic nitrogens is 3. The van der Waals surface area contributed by atoms with Gasteiger partial charge in [0.2, 0.25) is 5.91 Å². The van der Waals surface area contributed by atoms with E-state index in [1.165, 1.54) is 6.92 Å². The maximum Gasteiger partial charge on any atom is 0.423 e. The smallest absolute Gasteiger partial charge is 0.423 e. The van der Waals surface area contributed by atoms with Gasteiger partial charge in [0.15, 0.2) is 11.6 Å². The van der Waals surface area contributed by atoms with Gasteiger partial charge in [-0.15, -0.1) is 0 Å². The average Bonchev–Trinajstić information content (AvgIpc) is 2.84. The largest absolute Gasteiger partial charge is 0.487 e. The summed E-state index contributed by atoms with van der Waals surface area (Å²) in [7, 11) is 0. The van der Waals surface area contributed by atoms with Crippen molar-refractivity contribution in [1.29, 1.82) is 0 Å². The minimum Gasteiger partial charge on any atom is -0.487 e. The van der Waals surface area contributed by atoms with Crippen molar-refractivity contribution in [2.45, 2.75) is 44.7 Å². The fourth-order valence-corrected chi connectivity index (χ4v) is 4.59. The van der Waals surface area contributed by atoms with E-state index in [9.17, 15) is 35.9 Å². The SMILES string of the molecule is Cc1c(C(F)(F)F)cnc2c1OC[C@H]1CN(C(=O)CCOC[C@H](C)Nc3cn[nH]c(=O)c3C(F)(F)F)CCN21. The fourth-order valence-electron chi connectivity index (χ4n) is 4.59. The van der Waals surface area contributed by atoms with Gasteiger partial charge in [-0.2, -0.15) is 31.4 Å². The molecule has 2 aliphatic heterocycles. The van der Waals surface area contributed by atoms with Gasteiger partial charge < -0.3 is 24.6 Å². The lowest BCUT2D eigenvalue weighted by atomic mass is 10.1. The summed E-state index contributed by atoms with van der Waals surface area (Å²) in [6.07, 6.45) is -7.74. The third-order valence-electron chi connectivity index (χ3n) is 6.47. The van der Waals surface area contributed by atoms with Gasteiger partial charge in [-0.1, -0.05) is 0 Å². The highest BCUT2D eigenvalue weighted by molar-refractivity contribution is 5.77. The van der Waals surface area contributed by atoms with E-state index in [1.807, 2.05) is 4.90 Å². The number of aromatic amines is 1. The van der Waals surface area contributed by atoms with Crippen LogP contribution in [-0.4, -0.2) is 77.5 Å². The van der Waals surface area contributed by atoms with Crippen LogP contribution in [0.15, 0.2) is 17.2 Å². The molecule has 16 heteroatoms. The van der Waals surface area contributed by atoms with Gasteiger partial charge in [-0.25, -0.2) is 10.1 Å². The van der Waals surface area contributed by atoms with Gasteiger partial charge in [0.1, 0.15) is 12.2 Å². The number of rotatable bonds is 7. The molecular formula is C23H26F6N6O4. The second kappa shape index (κ2) is 10.9. The Hall–Kier alpha value is -3.56. The number of amides is 1. The lowest BCUT2D eigenvalue weighted by Crippen LogP contribution is -2.58. The number of carbonyl (C=O) groups is 1. The molecule has 2 aromatic heterocycles. The molecule has 0 aliphatic carbocycles. The van der Waals surface area contributed by atoms with Crippen LogP contribution >= 0.6 is 0 Å². The van der Waals surface area contributed by atoms with Crippen LogP contribution in [0.2, 0.25) is 0 Å². The molecule has 2 atom stereocenters. The zero-order valence-corrected chi connectivity index (χ0v) is 20.9. The fraction of sp³-hybridized carbons (Fsp3) is 0.565. The lowest BCUT2D eigenvalue weighted by Gasteiger charge is -2.45. The van der Waals surface area contributed by atoms with Crippen LogP contribution in [-0.2, 0) is 21.9 Å². The molecule has 0 unspecified atom stereocenters. The molecular weight excluding hydrogens is 538 g/mol. The summed E-state index contributed by atoms with van der Waals surface area (Å²) < 4.78 is 90.2. The van der Waals surface area contributed by atoms with Gasteiger partial charge >= 0.3 is 12.4 Å². The van der Waals surface area contributed by atoms with E-state index in [-0.39, 0.29) is 56.0 Å². The quantitative estimate of drug-likeness (QED) is 0.390. The number of halogens is 6. The molecule has 39 heavy (non-hydrogen) atoms. The van der Waals surface area contributed by atoms with Gasteiger partial charge in [-0.05, 0) is 13.8 Å². The van der Waals surface area contributed by atoms with Gasteiger partial charge in [0.25, 0.3) is 5.56 Å². The second-order valence-corrected chi connectivity index (χ2v) is 9.30.